The van der Waals surface area contributed by atoms with Gasteiger partial charge in [0.15, 0.2) is 0 Å². The lowest BCUT2D eigenvalue weighted by Gasteiger charge is -2.29. The summed E-state index contributed by atoms with van der Waals surface area (Å²) in [5.74, 6) is -0.536. The lowest BCUT2D eigenvalue weighted by Crippen LogP contribution is -2.41. The summed E-state index contributed by atoms with van der Waals surface area (Å²) in [5.41, 5.74) is 0.115. The molecule has 2 atom stereocenters. The fourth-order valence-corrected chi connectivity index (χ4v) is 2.71. The van der Waals surface area contributed by atoms with E-state index >= 15 is 0 Å². The number of carboxylic acid groups (broad SMARTS) is 1. The maximum absolute atomic E-state index is 11.9. The Kier molecular flexibility index (Phi) is 4.76. The Morgan fingerprint density at radius 1 is 1.45 bits per heavy atom. The summed E-state index contributed by atoms with van der Waals surface area (Å²) in [7, 11) is 0. The van der Waals surface area contributed by atoms with Crippen LogP contribution in [0.4, 0.5) is 0 Å². The number of nitrogens with one attached hydrogen (secondary N) is 1. The molecule has 20 heavy (non-hydrogen) atoms. The van der Waals surface area contributed by atoms with Crippen LogP contribution < -0.4 is 5.32 Å². The Labute approximate surface area is 118 Å². The van der Waals surface area contributed by atoms with Crippen molar-refractivity contribution in [2.45, 2.75) is 51.6 Å². The lowest BCUT2D eigenvalue weighted by atomic mass is 9.86. The zero-order chi connectivity index (χ0) is 14.5. The van der Waals surface area contributed by atoms with Gasteiger partial charge in [0, 0.05) is 18.7 Å². The molecular formula is C14H21N3O3. The number of carbonyl (C=O) groups excluding carboxylic acids is 1. The summed E-state index contributed by atoms with van der Waals surface area (Å²) in [6.45, 7) is 2.46. The molecule has 2 N–H and O–H groups in total. The molecule has 0 radical (unpaired) electrons. The summed E-state index contributed by atoms with van der Waals surface area (Å²) in [5, 5.41) is 15.9. The van der Waals surface area contributed by atoms with E-state index in [1.165, 1.54) is 23.4 Å². The minimum atomic E-state index is -1.02. The number of aryl methyl sites for hydroxylation is 1. The second-order valence-electron chi connectivity index (χ2n) is 5.43. The minimum Gasteiger partial charge on any atom is -0.477 e. The van der Waals surface area contributed by atoms with Crippen molar-refractivity contribution in [3.63, 3.8) is 0 Å². The average molecular weight is 279 g/mol. The molecule has 0 spiro atoms. The van der Waals surface area contributed by atoms with E-state index in [1.54, 1.807) is 0 Å². The van der Waals surface area contributed by atoms with E-state index in [-0.39, 0.29) is 24.1 Å². The van der Waals surface area contributed by atoms with Crippen molar-refractivity contribution in [3.05, 3.63) is 18.0 Å². The fourth-order valence-electron chi connectivity index (χ4n) is 2.71. The topological polar surface area (TPSA) is 84.2 Å². The standard InChI is InChI=1S/C14H21N3O3/c1-10-4-2-3-5-11(10)16-13(18)7-9-17-12(14(19)20)6-8-15-17/h6,8,10-11H,2-5,7,9H2,1H3,(H,16,18)(H,19,20). The summed E-state index contributed by atoms with van der Waals surface area (Å²) in [6.07, 6.45) is 6.29. The van der Waals surface area contributed by atoms with Crippen LogP contribution in [-0.2, 0) is 11.3 Å². The van der Waals surface area contributed by atoms with Crippen LogP contribution in [0.25, 0.3) is 0 Å². The molecule has 2 rings (SSSR count). The largest absolute Gasteiger partial charge is 0.477 e. The maximum atomic E-state index is 11.9. The highest BCUT2D eigenvalue weighted by molar-refractivity contribution is 5.85. The number of carbonyl (C=O) groups is 2. The normalized spacial score (nSPS) is 22.4. The summed E-state index contributed by atoms with van der Waals surface area (Å²) in [6, 6.07) is 1.69. The lowest BCUT2D eigenvalue weighted by molar-refractivity contribution is -0.122. The molecule has 0 bridgehead atoms. The highest BCUT2D eigenvalue weighted by Crippen LogP contribution is 2.23. The molecule has 0 aliphatic heterocycles. The molecule has 6 heteroatoms. The van der Waals surface area contributed by atoms with Crippen molar-refractivity contribution in [1.29, 1.82) is 0 Å². The van der Waals surface area contributed by atoms with E-state index in [4.69, 9.17) is 5.11 Å². The van der Waals surface area contributed by atoms with Gasteiger partial charge >= 0.3 is 5.97 Å². The highest BCUT2D eigenvalue weighted by atomic mass is 16.4. The van der Waals surface area contributed by atoms with Crippen molar-refractivity contribution >= 4 is 11.9 Å². The third-order valence-corrected chi connectivity index (χ3v) is 3.94. The smallest absolute Gasteiger partial charge is 0.354 e. The van der Waals surface area contributed by atoms with E-state index in [1.807, 2.05) is 0 Å². The summed E-state index contributed by atoms with van der Waals surface area (Å²) >= 11 is 0. The zero-order valence-electron chi connectivity index (χ0n) is 11.7. The first-order chi connectivity index (χ1) is 9.58. The van der Waals surface area contributed by atoms with E-state index in [2.05, 4.69) is 17.3 Å². The number of nitrogens with zero attached hydrogens (tertiary/aromatic N) is 2. The first-order valence-electron chi connectivity index (χ1n) is 7.12. The van der Waals surface area contributed by atoms with Gasteiger partial charge in [0.1, 0.15) is 5.69 Å². The number of amides is 1. The van der Waals surface area contributed by atoms with Crippen LogP contribution in [0.15, 0.2) is 12.3 Å². The van der Waals surface area contributed by atoms with Gasteiger partial charge in [0.05, 0.1) is 6.54 Å². The monoisotopic (exact) mass is 279 g/mol. The van der Waals surface area contributed by atoms with Gasteiger partial charge in [-0.25, -0.2) is 4.79 Å². The number of carboxylic acids is 1. The Bertz CT molecular complexity index is 484. The van der Waals surface area contributed by atoms with E-state index in [0.717, 1.165) is 19.3 Å². The van der Waals surface area contributed by atoms with Crippen molar-refractivity contribution in [2.75, 3.05) is 0 Å². The Balaban J connectivity index is 1.83. The van der Waals surface area contributed by atoms with Gasteiger partial charge in [-0.3, -0.25) is 9.48 Å². The van der Waals surface area contributed by atoms with E-state index in [0.29, 0.717) is 12.5 Å². The molecule has 1 fully saturated rings. The van der Waals surface area contributed by atoms with Crippen LogP contribution in [0.2, 0.25) is 0 Å². The molecule has 1 amide bonds. The van der Waals surface area contributed by atoms with Crippen LogP contribution in [0.5, 0.6) is 0 Å². The van der Waals surface area contributed by atoms with Gasteiger partial charge in [-0.1, -0.05) is 19.8 Å². The second kappa shape index (κ2) is 6.54. The van der Waals surface area contributed by atoms with Gasteiger partial charge in [-0.15, -0.1) is 0 Å². The first kappa shape index (κ1) is 14.6. The predicted molar refractivity (Wildman–Crippen MR) is 73.4 cm³/mol. The van der Waals surface area contributed by atoms with Crippen LogP contribution in [0.3, 0.4) is 0 Å². The minimum absolute atomic E-state index is 0.0319. The Morgan fingerprint density at radius 2 is 2.20 bits per heavy atom. The van der Waals surface area contributed by atoms with Crippen molar-refractivity contribution in [1.82, 2.24) is 15.1 Å². The summed E-state index contributed by atoms with van der Waals surface area (Å²) in [4.78, 5) is 22.9. The zero-order valence-corrected chi connectivity index (χ0v) is 11.7. The second-order valence-corrected chi connectivity index (χ2v) is 5.43. The van der Waals surface area contributed by atoms with Crippen molar-refractivity contribution in [2.24, 2.45) is 5.92 Å². The van der Waals surface area contributed by atoms with Crippen LogP contribution >= 0.6 is 0 Å². The van der Waals surface area contributed by atoms with Crippen LogP contribution in [0, 0.1) is 5.92 Å². The molecule has 0 aromatic carbocycles. The third-order valence-electron chi connectivity index (χ3n) is 3.94. The number of aromatic nitrogens is 2. The van der Waals surface area contributed by atoms with Crippen LogP contribution in [0.1, 0.15) is 49.5 Å². The molecule has 6 nitrogen and oxygen atoms in total. The fraction of sp³-hybridized carbons (Fsp3) is 0.643. The third kappa shape index (κ3) is 3.59. The van der Waals surface area contributed by atoms with Gasteiger partial charge in [-0.2, -0.15) is 5.10 Å². The highest BCUT2D eigenvalue weighted by Gasteiger charge is 2.22. The van der Waals surface area contributed by atoms with E-state index < -0.39 is 5.97 Å². The van der Waals surface area contributed by atoms with Gasteiger partial charge in [0.2, 0.25) is 5.91 Å². The molecule has 1 aliphatic carbocycles. The maximum Gasteiger partial charge on any atom is 0.354 e. The number of rotatable bonds is 5. The molecule has 1 aromatic heterocycles. The number of aromatic carboxylic acids is 1. The van der Waals surface area contributed by atoms with Gasteiger partial charge < -0.3 is 10.4 Å². The van der Waals surface area contributed by atoms with E-state index in [9.17, 15) is 9.59 Å². The van der Waals surface area contributed by atoms with Crippen molar-refractivity contribution in [3.8, 4) is 0 Å². The Morgan fingerprint density at radius 3 is 2.90 bits per heavy atom. The molecule has 2 unspecified atom stereocenters. The number of hydrogen-bond acceptors (Lipinski definition) is 3. The molecule has 1 heterocycles. The summed E-state index contributed by atoms with van der Waals surface area (Å²) < 4.78 is 1.35. The molecule has 110 valence electrons. The first-order valence-corrected chi connectivity index (χ1v) is 7.12. The molecule has 1 aliphatic rings. The Hall–Kier alpha value is -1.85. The molecule has 1 saturated carbocycles. The number of hydrogen-bond donors (Lipinski definition) is 2. The quantitative estimate of drug-likeness (QED) is 0.858. The SMILES string of the molecule is CC1CCCCC1NC(=O)CCn1nccc1C(=O)O. The molecule has 1 aromatic rings. The molecule has 0 saturated heterocycles. The average Bonchev–Trinajstić information content (AvgIpc) is 2.88. The van der Waals surface area contributed by atoms with Gasteiger partial charge in [0.25, 0.3) is 0 Å². The molecular weight excluding hydrogens is 258 g/mol. The van der Waals surface area contributed by atoms with Crippen LogP contribution in [-0.4, -0.2) is 32.8 Å². The van der Waals surface area contributed by atoms with Crippen molar-refractivity contribution < 1.29 is 14.7 Å². The van der Waals surface area contributed by atoms with Gasteiger partial charge in [-0.05, 0) is 24.8 Å². The predicted octanol–water partition coefficient (Wildman–Crippen LogP) is 1.67.